The summed E-state index contributed by atoms with van der Waals surface area (Å²) in [6.45, 7) is 5.64. The SMILES string of the molecule is NC(=O)CNC(=O)[C@@]12CC[C@H](N3CCOCC3)C[C@H]1CCN(Cc1cccc(O)c1)C2. The molecule has 8 nitrogen and oxygen atoms in total. The van der Waals surface area contributed by atoms with E-state index in [1.807, 2.05) is 12.1 Å². The topological polar surface area (TPSA) is 108 Å². The third kappa shape index (κ3) is 5.02. The number of amides is 2. The smallest absolute Gasteiger partial charge is 0.236 e. The van der Waals surface area contributed by atoms with Crippen molar-refractivity contribution >= 4 is 11.8 Å². The lowest BCUT2D eigenvalue weighted by Gasteiger charge is -2.53. The number of aromatic hydroxyl groups is 1. The molecule has 0 spiro atoms. The Hall–Kier alpha value is -2.16. The van der Waals surface area contributed by atoms with Crippen molar-refractivity contribution in [3.8, 4) is 5.75 Å². The number of nitrogens with two attached hydrogens (primary N) is 1. The van der Waals surface area contributed by atoms with Crippen molar-refractivity contribution in [2.24, 2.45) is 17.1 Å². The Morgan fingerprint density at radius 2 is 2.03 bits per heavy atom. The van der Waals surface area contributed by atoms with Gasteiger partial charge in [-0.25, -0.2) is 0 Å². The van der Waals surface area contributed by atoms with E-state index >= 15 is 0 Å². The largest absolute Gasteiger partial charge is 0.508 e. The molecule has 1 aromatic carbocycles. The minimum Gasteiger partial charge on any atom is -0.508 e. The standard InChI is InChI=1S/C23H34N4O4/c24-21(29)14-25-22(30)23-6-4-19(27-8-10-31-11-9-27)13-18(23)5-7-26(16-23)15-17-2-1-3-20(28)12-17/h1-3,12,18-19,28H,4-11,13-16H2,(H2,24,29)(H,25,30)/t18-,19+,23-/m1/s1. The molecule has 2 heterocycles. The molecule has 31 heavy (non-hydrogen) atoms. The first-order chi connectivity index (χ1) is 15.0. The zero-order chi connectivity index (χ0) is 21.8. The first kappa shape index (κ1) is 22.0. The first-order valence-electron chi connectivity index (χ1n) is 11.3. The number of nitrogens with one attached hydrogen (secondary N) is 1. The van der Waals surface area contributed by atoms with Crippen LogP contribution in [-0.2, 0) is 20.9 Å². The van der Waals surface area contributed by atoms with Crippen LogP contribution >= 0.6 is 0 Å². The minimum absolute atomic E-state index is 0.0441. The maximum Gasteiger partial charge on any atom is 0.236 e. The lowest BCUT2D eigenvalue weighted by molar-refractivity contribution is -0.146. The maximum absolute atomic E-state index is 13.4. The highest BCUT2D eigenvalue weighted by Crippen LogP contribution is 2.48. The Balaban J connectivity index is 1.50. The summed E-state index contributed by atoms with van der Waals surface area (Å²) in [5.74, 6) is -0.0252. The van der Waals surface area contributed by atoms with Gasteiger partial charge in [-0.3, -0.25) is 19.4 Å². The number of fused-ring (bicyclic) bond motifs is 1. The van der Waals surface area contributed by atoms with Crippen molar-refractivity contribution in [2.75, 3.05) is 45.9 Å². The van der Waals surface area contributed by atoms with Crippen LogP contribution in [-0.4, -0.2) is 78.7 Å². The van der Waals surface area contributed by atoms with Crippen LogP contribution in [0.5, 0.6) is 5.75 Å². The number of phenols is 1. The van der Waals surface area contributed by atoms with Gasteiger partial charge in [0.2, 0.25) is 11.8 Å². The molecule has 8 heteroatoms. The van der Waals surface area contributed by atoms with Crippen molar-refractivity contribution in [2.45, 2.75) is 38.3 Å². The number of carbonyl (C=O) groups excluding carboxylic acids is 2. The minimum atomic E-state index is -0.518. The molecule has 0 aromatic heterocycles. The predicted octanol–water partition coefficient (Wildman–Crippen LogP) is 0.687. The van der Waals surface area contributed by atoms with E-state index in [0.29, 0.717) is 19.1 Å². The van der Waals surface area contributed by atoms with Gasteiger partial charge < -0.3 is 20.9 Å². The van der Waals surface area contributed by atoms with E-state index in [-0.39, 0.29) is 24.1 Å². The monoisotopic (exact) mass is 430 g/mol. The molecule has 2 saturated heterocycles. The molecule has 0 unspecified atom stereocenters. The van der Waals surface area contributed by atoms with Gasteiger partial charge in [-0.05, 0) is 55.8 Å². The second-order valence-electron chi connectivity index (χ2n) is 9.25. The van der Waals surface area contributed by atoms with E-state index in [9.17, 15) is 14.7 Å². The zero-order valence-electron chi connectivity index (χ0n) is 18.1. The molecule has 1 saturated carbocycles. The van der Waals surface area contributed by atoms with Crippen LogP contribution in [0, 0.1) is 11.3 Å². The van der Waals surface area contributed by atoms with E-state index in [4.69, 9.17) is 10.5 Å². The summed E-state index contributed by atoms with van der Waals surface area (Å²) in [4.78, 5) is 29.5. The van der Waals surface area contributed by atoms with E-state index in [0.717, 1.165) is 64.1 Å². The van der Waals surface area contributed by atoms with E-state index in [1.54, 1.807) is 12.1 Å². The summed E-state index contributed by atoms with van der Waals surface area (Å²) >= 11 is 0. The number of nitrogens with zero attached hydrogens (tertiary/aromatic N) is 2. The number of rotatable bonds is 6. The van der Waals surface area contributed by atoms with Crippen molar-refractivity contribution in [1.82, 2.24) is 15.1 Å². The van der Waals surface area contributed by atoms with Gasteiger partial charge in [0, 0.05) is 32.2 Å². The Kier molecular flexibility index (Phi) is 6.79. The number of likely N-dealkylation sites (tertiary alicyclic amines) is 1. The summed E-state index contributed by atoms with van der Waals surface area (Å²) in [6, 6.07) is 7.78. The van der Waals surface area contributed by atoms with Crippen molar-refractivity contribution in [3.63, 3.8) is 0 Å². The highest BCUT2D eigenvalue weighted by atomic mass is 16.5. The fourth-order valence-corrected chi connectivity index (χ4v) is 5.76. The number of hydrogen-bond acceptors (Lipinski definition) is 6. The quantitative estimate of drug-likeness (QED) is 0.613. The Bertz CT molecular complexity index is 798. The number of phenolic OH excluding ortho intramolecular Hbond substituents is 1. The van der Waals surface area contributed by atoms with Crippen LogP contribution in [0.15, 0.2) is 24.3 Å². The molecule has 4 rings (SSSR count). The number of ether oxygens (including phenoxy) is 1. The molecule has 1 aromatic rings. The second kappa shape index (κ2) is 9.54. The average molecular weight is 431 g/mol. The molecular weight excluding hydrogens is 396 g/mol. The van der Waals surface area contributed by atoms with Gasteiger partial charge in [0.15, 0.2) is 0 Å². The summed E-state index contributed by atoms with van der Waals surface area (Å²) in [5.41, 5.74) is 5.82. The predicted molar refractivity (Wildman–Crippen MR) is 116 cm³/mol. The van der Waals surface area contributed by atoms with Gasteiger partial charge in [0.1, 0.15) is 5.75 Å². The van der Waals surface area contributed by atoms with Crippen LogP contribution in [0.2, 0.25) is 0 Å². The average Bonchev–Trinajstić information content (AvgIpc) is 2.77. The molecule has 3 aliphatic rings. The molecule has 3 fully saturated rings. The number of piperidine rings is 1. The summed E-state index contributed by atoms with van der Waals surface area (Å²) < 4.78 is 5.51. The molecule has 170 valence electrons. The van der Waals surface area contributed by atoms with Crippen LogP contribution in [0.3, 0.4) is 0 Å². The molecule has 4 N–H and O–H groups in total. The van der Waals surface area contributed by atoms with Crippen molar-refractivity contribution in [1.29, 1.82) is 0 Å². The van der Waals surface area contributed by atoms with E-state index < -0.39 is 11.3 Å². The lowest BCUT2D eigenvalue weighted by Crippen LogP contribution is -2.61. The number of morpholine rings is 1. The number of benzene rings is 1. The summed E-state index contributed by atoms with van der Waals surface area (Å²) in [6.07, 6.45) is 3.73. The van der Waals surface area contributed by atoms with Gasteiger partial charge in [0.05, 0.1) is 25.2 Å². The third-order valence-electron chi connectivity index (χ3n) is 7.32. The fourth-order valence-electron chi connectivity index (χ4n) is 5.76. The third-order valence-corrected chi connectivity index (χ3v) is 7.32. The normalized spacial score (nSPS) is 29.8. The number of primary amides is 1. The fraction of sp³-hybridized carbons (Fsp3) is 0.652. The maximum atomic E-state index is 13.4. The van der Waals surface area contributed by atoms with Gasteiger partial charge in [-0.2, -0.15) is 0 Å². The Morgan fingerprint density at radius 3 is 2.77 bits per heavy atom. The van der Waals surface area contributed by atoms with Crippen LogP contribution in [0.4, 0.5) is 0 Å². The molecular formula is C23H34N4O4. The van der Waals surface area contributed by atoms with Crippen molar-refractivity contribution < 1.29 is 19.4 Å². The van der Waals surface area contributed by atoms with Crippen LogP contribution in [0.25, 0.3) is 0 Å². The van der Waals surface area contributed by atoms with Gasteiger partial charge >= 0.3 is 0 Å². The molecule has 0 bridgehead atoms. The Morgan fingerprint density at radius 1 is 1.23 bits per heavy atom. The van der Waals surface area contributed by atoms with Gasteiger partial charge in [-0.1, -0.05) is 12.1 Å². The highest BCUT2D eigenvalue weighted by molar-refractivity contribution is 5.88. The van der Waals surface area contributed by atoms with Crippen LogP contribution in [0.1, 0.15) is 31.2 Å². The van der Waals surface area contributed by atoms with Crippen LogP contribution < -0.4 is 11.1 Å². The number of carbonyl (C=O) groups is 2. The lowest BCUT2D eigenvalue weighted by atomic mass is 9.60. The molecule has 3 atom stereocenters. The molecule has 0 radical (unpaired) electrons. The first-order valence-corrected chi connectivity index (χ1v) is 11.3. The molecule has 2 amide bonds. The highest BCUT2D eigenvalue weighted by Gasteiger charge is 2.52. The van der Waals surface area contributed by atoms with E-state index in [2.05, 4.69) is 15.1 Å². The van der Waals surface area contributed by atoms with Gasteiger partial charge in [0.25, 0.3) is 0 Å². The Labute approximate surface area is 183 Å². The zero-order valence-corrected chi connectivity index (χ0v) is 18.1. The summed E-state index contributed by atoms with van der Waals surface area (Å²) in [7, 11) is 0. The summed E-state index contributed by atoms with van der Waals surface area (Å²) in [5, 5.41) is 12.6. The molecule has 2 aliphatic heterocycles. The van der Waals surface area contributed by atoms with Gasteiger partial charge in [-0.15, -0.1) is 0 Å². The van der Waals surface area contributed by atoms with E-state index in [1.165, 1.54) is 0 Å². The number of hydrogen-bond donors (Lipinski definition) is 3. The second-order valence-corrected chi connectivity index (χ2v) is 9.25. The van der Waals surface area contributed by atoms with Crippen molar-refractivity contribution in [3.05, 3.63) is 29.8 Å². The molecule has 1 aliphatic carbocycles.